The van der Waals surface area contributed by atoms with Gasteiger partial charge in [0, 0.05) is 19.3 Å². The molecule has 0 aliphatic carbocycles. The van der Waals surface area contributed by atoms with Crippen molar-refractivity contribution in [2.45, 2.75) is 19.4 Å². The zero-order valence-electron chi connectivity index (χ0n) is 9.09. The molecule has 1 aromatic rings. The van der Waals surface area contributed by atoms with Gasteiger partial charge >= 0.3 is 0 Å². The van der Waals surface area contributed by atoms with Crippen LogP contribution >= 0.6 is 0 Å². The van der Waals surface area contributed by atoms with Crippen LogP contribution in [-0.4, -0.2) is 13.7 Å². The summed E-state index contributed by atoms with van der Waals surface area (Å²) in [6, 6.07) is 4.80. The standard InChI is InChI=1S/C11H17FN2O/c1-8-3-4-10(12)9(7-8)11(14-13)5-6-15-2/h3-4,7,11,14H,5-6,13H2,1-2H3. The molecule has 0 radical (unpaired) electrons. The molecule has 0 heterocycles. The molecule has 0 bridgehead atoms. The molecular formula is C11H17FN2O. The molecule has 4 heteroatoms. The van der Waals surface area contributed by atoms with E-state index in [1.165, 1.54) is 6.07 Å². The van der Waals surface area contributed by atoms with Crippen molar-refractivity contribution in [2.24, 2.45) is 5.84 Å². The molecule has 0 saturated carbocycles. The second-order valence-corrected chi connectivity index (χ2v) is 3.53. The lowest BCUT2D eigenvalue weighted by atomic mass is 10.0. The maximum atomic E-state index is 13.5. The van der Waals surface area contributed by atoms with Crippen molar-refractivity contribution in [1.82, 2.24) is 5.43 Å². The topological polar surface area (TPSA) is 47.3 Å². The van der Waals surface area contributed by atoms with Crippen LogP contribution in [0.4, 0.5) is 4.39 Å². The number of benzene rings is 1. The van der Waals surface area contributed by atoms with Gasteiger partial charge in [-0.25, -0.2) is 4.39 Å². The van der Waals surface area contributed by atoms with Crippen LogP contribution < -0.4 is 11.3 Å². The number of rotatable bonds is 5. The zero-order chi connectivity index (χ0) is 11.3. The molecule has 0 saturated heterocycles. The van der Waals surface area contributed by atoms with E-state index in [9.17, 15) is 4.39 Å². The molecule has 84 valence electrons. The highest BCUT2D eigenvalue weighted by Gasteiger charge is 2.13. The van der Waals surface area contributed by atoms with Crippen LogP contribution in [0.15, 0.2) is 18.2 Å². The van der Waals surface area contributed by atoms with E-state index < -0.39 is 0 Å². The Morgan fingerprint density at radius 3 is 2.87 bits per heavy atom. The summed E-state index contributed by atoms with van der Waals surface area (Å²) in [5.74, 6) is 5.16. The van der Waals surface area contributed by atoms with Gasteiger partial charge in [0.2, 0.25) is 0 Å². The van der Waals surface area contributed by atoms with E-state index in [0.717, 1.165) is 5.56 Å². The van der Waals surface area contributed by atoms with Crippen LogP contribution in [0.3, 0.4) is 0 Å². The van der Waals surface area contributed by atoms with Crippen molar-refractivity contribution in [2.75, 3.05) is 13.7 Å². The molecular weight excluding hydrogens is 195 g/mol. The molecule has 15 heavy (non-hydrogen) atoms. The lowest BCUT2D eigenvalue weighted by molar-refractivity contribution is 0.182. The summed E-state index contributed by atoms with van der Waals surface area (Å²) in [5.41, 5.74) is 4.21. The monoisotopic (exact) mass is 212 g/mol. The number of aryl methyl sites for hydroxylation is 1. The molecule has 0 aromatic heterocycles. The van der Waals surface area contributed by atoms with Gasteiger partial charge in [-0.2, -0.15) is 0 Å². The second-order valence-electron chi connectivity index (χ2n) is 3.53. The predicted octanol–water partition coefficient (Wildman–Crippen LogP) is 1.68. The van der Waals surface area contributed by atoms with Gasteiger partial charge in [0.1, 0.15) is 5.82 Å². The number of nitrogens with one attached hydrogen (secondary N) is 1. The number of nitrogens with two attached hydrogens (primary N) is 1. The molecule has 0 amide bonds. The number of hydrogen-bond donors (Lipinski definition) is 2. The number of hydrogen-bond acceptors (Lipinski definition) is 3. The van der Waals surface area contributed by atoms with Gasteiger partial charge in [0.25, 0.3) is 0 Å². The summed E-state index contributed by atoms with van der Waals surface area (Å²) >= 11 is 0. The minimum atomic E-state index is -0.236. The largest absolute Gasteiger partial charge is 0.385 e. The summed E-state index contributed by atoms with van der Waals surface area (Å²) in [4.78, 5) is 0. The van der Waals surface area contributed by atoms with Gasteiger partial charge in [0.05, 0.1) is 6.04 Å². The van der Waals surface area contributed by atoms with Crippen molar-refractivity contribution < 1.29 is 9.13 Å². The Hall–Kier alpha value is -0.970. The van der Waals surface area contributed by atoms with E-state index in [0.29, 0.717) is 18.6 Å². The molecule has 1 atom stereocenters. The van der Waals surface area contributed by atoms with Crippen molar-refractivity contribution in [3.8, 4) is 0 Å². The summed E-state index contributed by atoms with van der Waals surface area (Å²) in [7, 11) is 1.61. The third-order valence-electron chi connectivity index (χ3n) is 2.34. The molecule has 0 spiro atoms. The Kier molecular flexibility index (Phi) is 4.68. The fourth-order valence-electron chi connectivity index (χ4n) is 1.49. The van der Waals surface area contributed by atoms with E-state index in [4.69, 9.17) is 10.6 Å². The lowest BCUT2D eigenvalue weighted by Gasteiger charge is -2.17. The third kappa shape index (κ3) is 3.27. The van der Waals surface area contributed by atoms with Gasteiger partial charge in [-0.1, -0.05) is 17.7 Å². The first-order valence-electron chi connectivity index (χ1n) is 4.90. The molecule has 1 aromatic carbocycles. The van der Waals surface area contributed by atoms with E-state index in [1.54, 1.807) is 19.2 Å². The average molecular weight is 212 g/mol. The van der Waals surface area contributed by atoms with E-state index in [2.05, 4.69) is 5.43 Å². The van der Waals surface area contributed by atoms with Gasteiger partial charge < -0.3 is 4.74 Å². The zero-order valence-corrected chi connectivity index (χ0v) is 9.09. The first kappa shape index (κ1) is 12.1. The van der Waals surface area contributed by atoms with Crippen LogP contribution in [0.1, 0.15) is 23.6 Å². The Bertz CT molecular complexity index is 317. The lowest BCUT2D eigenvalue weighted by Crippen LogP contribution is -2.29. The van der Waals surface area contributed by atoms with Gasteiger partial charge in [0.15, 0.2) is 0 Å². The van der Waals surface area contributed by atoms with Crippen molar-refractivity contribution >= 4 is 0 Å². The Morgan fingerprint density at radius 2 is 2.27 bits per heavy atom. The fourth-order valence-corrected chi connectivity index (χ4v) is 1.49. The molecule has 3 N–H and O–H groups in total. The molecule has 0 fully saturated rings. The SMILES string of the molecule is COCCC(NN)c1cc(C)ccc1F. The molecule has 3 nitrogen and oxygen atoms in total. The molecule has 0 aliphatic rings. The molecule has 1 rings (SSSR count). The Labute approximate surface area is 89.4 Å². The van der Waals surface area contributed by atoms with Gasteiger partial charge in [-0.3, -0.25) is 11.3 Å². The highest BCUT2D eigenvalue weighted by atomic mass is 19.1. The number of ether oxygens (including phenoxy) is 1. The first-order chi connectivity index (χ1) is 7.19. The van der Waals surface area contributed by atoms with Gasteiger partial charge in [-0.15, -0.1) is 0 Å². The minimum Gasteiger partial charge on any atom is -0.385 e. The van der Waals surface area contributed by atoms with E-state index in [1.807, 2.05) is 6.92 Å². The number of hydrazine groups is 1. The highest BCUT2D eigenvalue weighted by Crippen LogP contribution is 2.20. The van der Waals surface area contributed by atoms with Crippen LogP contribution in [0.5, 0.6) is 0 Å². The van der Waals surface area contributed by atoms with Crippen LogP contribution in [0.2, 0.25) is 0 Å². The first-order valence-corrected chi connectivity index (χ1v) is 4.90. The van der Waals surface area contributed by atoms with Crippen LogP contribution in [0, 0.1) is 12.7 Å². The van der Waals surface area contributed by atoms with Crippen molar-refractivity contribution in [3.63, 3.8) is 0 Å². The van der Waals surface area contributed by atoms with E-state index >= 15 is 0 Å². The summed E-state index contributed by atoms with van der Waals surface area (Å²) < 4.78 is 18.4. The molecule has 1 unspecified atom stereocenters. The predicted molar refractivity (Wildman–Crippen MR) is 57.7 cm³/mol. The number of methoxy groups -OCH3 is 1. The summed E-state index contributed by atoms with van der Waals surface area (Å²) in [5, 5.41) is 0. The Morgan fingerprint density at radius 1 is 1.53 bits per heavy atom. The highest BCUT2D eigenvalue weighted by molar-refractivity contribution is 5.26. The minimum absolute atomic E-state index is 0.204. The number of halogens is 1. The normalized spacial score (nSPS) is 12.8. The third-order valence-corrected chi connectivity index (χ3v) is 2.34. The van der Waals surface area contributed by atoms with Crippen LogP contribution in [-0.2, 0) is 4.74 Å². The summed E-state index contributed by atoms with van der Waals surface area (Å²) in [6.07, 6.45) is 0.646. The summed E-state index contributed by atoms with van der Waals surface area (Å²) in [6.45, 7) is 2.47. The van der Waals surface area contributed by atoms with Crippen LogP contribution in [0.25, 0.3) is 0 Å². The Balaban J connectivity index is 2.85. The van der Waals surface area contributed by atoms with Gasteiger partial charge in [-0.05, 0) is 19.4 Å². The van der Waals surface area contributed by atoms with Crippen molar-refractivity contribution in [1.29, 1.82) is 0 Å². The average Bonchev–Trinajstić information content (AvgIpc) is 2.24. The maximum absolute atomic E-state index is 13.5. The second kappa shape index (κ2) is 5.80. The fraction of sp³-hybridized carbons (Fsp3) is 0.455. The maximum Gasteiger partial charge on any atom is 0.128 e. The quantitative estimate of drug-likeness (QED) is 0.576. The smallest absolute Gasteiger partial charge is 0.128 e. The van der Waals surface area contributed by atoms with Crippen molar-refractivity contribution in [3.05, 3.63) is 35.1 Å². The molecule has 0 aliphatic heterocycles. The van der Waals surface area contributed by atoms with E-state index in [-0.39, 0.29) is 11.9 Å².